The van der Waals surface area contributed by atoms with Crippen LogP contribution in [0.4, 0.5) is 4.79 Å². The highest BCUT2D eigenvalue weighted by molar-refractivity contribution is 5.69. The Morgan fingerprint density at radius 3 is 2.62 bits per heavy atom. The number of aliphatic hydroxyl groups is 1. The molecule has 0 aromatic rings. The second-order valence-electron chi connectivity index (χ2n) is 6.17. The maximum Gasteiger partial charge on any atom is 0.410 e. The zero-order chi connectivity index (χ0) is 12.1. The Bertz CT molecular complexity index is 308. The van der Waals surface area contributed by atoms with Crippen LogP contribution in [0.3, 0.4) is 0 Å². The molecular formula is C12H21NO3. The topological polar surface area (TPSA) is 49.8 Å². The molecule has 0 bridgehead atoms. The van der Waals surface area contributed by atoms with Crippen LogP contribution in [-0.4, -0.2) is 40.9 Å². The molecule has 1 amide bonds. The molecule has 92 valence electrons. The first-order valence-corrected chi connectivity index (χ1v) is 5.90. The molecule has 3 atom stereocenters. The maximum absolute atomic E-state index is 11.8. The highest BCUT2D eigenvalue weighted by atomic mass is 16.6. The lowest BCUT2D eigenvalue weighted by Crippen LogP contribution is -2.38. The summed E-state index contributed by atoms with van der Waals surface area (Å²) in [6.45, 7) is 8.80. The van der Waals surface area contributed by atoms with E-state index in [2.05, 4.69) is 0 Å². The Labute approximate surface area is 96.6 Å². The van der Waals surface area contributed by atoms with Crippen LogP contribution < -0.4 is 0 Å². The minimum absolute atomic E-state index is 0.0308. The van der Waals surface area contributed by atoms with Gasteiger partial charge in [-0.25, -0.2) is 4.79 Å². The van der Waals surface area contributed by atoms with Crippen molar-refractivity contribution in [3.8, 4) is 0 Å². The van der Waals surface area contributed by atoms with Gasteiger partial charge in [0.1, 0.15) is 5.60 Å². The van der Waals surface area contributed by atoms with E-state index in [0.717, 1.165) is 13.0 Å². The number of carbonyl (C=O) groups excluding carboxylic acids is 1. The van der Waals surface area contributed by atoms with Crippen molar-refractivity contribution in [1.82, 2.24) is 4.90 Å². The number of fused-ring (bicyclic) bond motifs is 1. The van der Waals surface area contributed by atoms with Crippen LogP contribution in [-0.2, 0) is 4.74 Å². The van der Waals surface area contributed by atoms with Crippen molar-refractivity contribution in [2.75, 3.05) is 13.1 Å². The quantitative estimate of drug-likeness (QED) is 0.740. The summed E-state index contributed by atoms with van der Waals surface area (Å²) in [7, 11) is 0. The Morgan fingerprint density at radius 1 is 1.56 bits per heavy atom. The van der Waals surface area contributed by atoms with Gasteiger partial charge in [-0.1, -0.05) is 0 Å². The Balaban J connectivity index is 1.93. The number of hydrogen-bond donors (Lipinski definition) is 1. The molecule has 2 fully saturated rings. The molecule has 2 rings (SSSR count). The molecule has 1 aliphatic heterocycles. The molecule has 3 unspecified atom stereocenters. The van der Waals surface area contributed by atoms with Crippen LogP contribution >= 0.6 is 0 Å². The first-order chi connectivity index (χ1) is 7.24. The SMILES string of the molecule is CC(O)C12CC1CN(C(=O)OC(C)(C)C)C2. The summed E-state index contributed by atoms with van der Waals surface area (Å²) in [5.41, 5.74) is -0.473. The van der Waals surface area contributed by atoms with Crippen molar-refractivity contribution in [3.63, 3.8) is 0 Å². The van der Waals surface area contributed by atoms with Crippen LogP contribution in [0.2, 0.25) is 0 Å². The van der Waals surface area contributed by atoms with E-state index in [9.17, 15) is 9.90 Å². The van der Waals surface area contributed by atoms with E-state index >= 15 is 0 Å². The van der Waals surface area contributed by atoms with Crippen molar-refractivity contribution < 1.29 is 14.6 Å². The third-order valence-corrected chi connectivity index (χ3v) is 3.69. The number of rotatable bonds is 1. The fourth-order valence-corrected chi connectivity index (χ4v) is 2.64. The zero-order valence-corrected chi connectivity index (χ0v) is 10.5. The van der Waals surface area contributed by atoms with Gasteiger partial charge in [0.2, 0.25) is 0 Å². The molecule has 0 aromatic heterocycles. The van der Waals surface area contributed by atoms with Gasteiger partial charge in [0.25, 0.3) is 0 Å². The average Bonchev–Trinajstić information content (AvgIpc) is 2.67. The molecule has 1 saturated heterocycles. The van der Waals surface area contributed by atoms with Gasteiger partial charge in [-0.3, -0.25) is 0 Å². The normalized spacial score (nSPS) is 34.6. The summed E-state index contributed by atoms with van der Waals surface area (Å²) in [6, 6.07) is 0. The number of ether oxygens (including phenoxy) is 1. The van der Waals surface area contributed by atoms with Crippen molar-refractivity contribution in [3.05, 3.63) is 0 Å². The van der Waals surface area contributed by atoms with Gasteiger partial charge >= 0.3 is 6.09 Å². The van der Waals surface area contributed by atoms with Crippen molar-refractivity contribution in [2.45, 2.75) is 45.8 Å². The van der Waals surface area contributed by atoms with Gasteiger partial charge < -0.3 is 14.7 Å². The highest BCUT2D eigenvalue weighted by Crippen LogP contribution is 2.59. The molecule has 4 nitrogen and oxygen atoms in total. The summed E-state index contributed by atoms with van der Waals surface area (Å²) in [6.07, 6.45) is 0.467. The lowest BCUT2D eigenvalue weighted by atomic mass is 10.00. The third kappa shape index (κ3) is 1.90. The number of piperidine rings is 1. The second kappa shape index (κ2) is 3.36. The smallest absolute Gasteiger partial charge is 0.410 e. The van der Waals surface area contributed by atoms with E-state index in [4.69, 9.17) is 4.74 Å². The van der Waals surface area contributed by atoms with Gasteiger partial charge in [-0.15, -0.1) is 0 Å². The van der Waals surface area contributed by atoms with Gasteiger partial charge in [-0.2, -0.15) is 0 Å². The fraction of sp³-hybridized carbons (Fsp3) is 0.917. The summed E-state index contributed by atoms with van der Waals surface area (Å²) in [5.74, 6) is 0.472. The standard InChI is InChI=1S/C12H21NO3/c1-8(14)12-5-9(12)6-13(7-12)10(15)16-11(2,3)4/h8-9,14H,5-7H2,1-4H3. The van der Waals surface area contributed by atoms with Crippen LogP contribution in [0.1, 0.15) is 34.1 Å². The van der Waals surface area contributed by atoms with Crippen LogP contribution in [0.15, 0.2) is 0 Å². The minimum atomic E-state index is -0.443. The molecular weight excluding hydrogens is 206 g/mol. The second-order valence-corrected chi connectivity index (χ2v) is 6.17. The average molecular weight is 227 g/mol. The van der Waals surface area contributed by atoms with Crippen LogP contribution in [0.5, 0.6) is 0 Å². The lowest BCUT2D eigenvalue weighted by Gasteiger charge is -2.26. The molecule has 16 heavy (non-hydrogen) atoms. The fourth-order valence-electron chi connectivity index (χ4n) is 2.64. The molecule has 0 aromatic carbocycles. The molecule has 0 radical (unpaired) electrons. The number of carbonyl (C=O) groups is 1. The van der Waals surface area contributed by atoms with Crippen molar-refractivity contribution in [1.29, 1.82) is 0 Å². The predicted molar refractivity (Wildman–Crippen MR) is 60.0 cm³/mol. The summed E-state index contributed by atoms with van der Waals surface area (Å²) in [5, 5.41) is 9.71. The van der Waals surface area contributed by atoms with E-state index < -0.39 is 5.60 Å². The zero-order valence-electron chi connectivity index (χ0n) is 10.5. The first kappa shape index (κ1) is 11.7. The predicted octanol–water partition coefficient (Wildman–Crippen LogP) is 1.62. The van der Waals surface area contributed by atoms with Crippen LogP contribution in [0.25, 0.3) is 0 Å². The number of aliphatic hydroxyl groups excluding tert-OH is 1. The third-order valence-electron chi connectivity index (χ3n) is 3.69. The van der Waals surface area contributed by atoms with Gasteiger partial charge in [-0.05, 0) is 40.0 Å². The molecule has 0 spiro atoms. The van der Waals surface area contributed by atoms with Gasteiger partial charge in [0.15, 0.2) is 0 Å². The summed E-state index contributed by atoms with van der Waals surface area (Å²) < 4.78 is 5.32. The van der Waals surface area contributed by atoms with E-state index in [0.29, 0.717) is 12.5 Å². The number of hydrogen-bond acceptors (Lipinski definition) is 3. The van der Waals surface area contributed by atoms with Crippen molar-refractivity contribution in [2.24, 2.45) is 11.3 Å². The van der Waals surface area contributed by atoms with E-state index in [1.807, 2.05) is 27.7 Å². The number of amides is 1. The number of likely N-dealkylation sites (tertiary alicyclic amines) is 1. The maximum atomic E-state index is 11.8. The Hall–Kier alpha value is -0.770. The molecule has 2 aliphatic rings. The first-order valence-electron chi connectivity index (χ1n) is 5.90. The minimum Gasteiger partial charge on any atom is -0.444 e. The highest BCUT2D eigenvalue weighted by Gasteiger charge is 2.63. The largest absolute Gasteiger partial charge is 0.444 e. The monoisotopic (exact) mass is 227 g/mol. The molecule has 4 heteroatoms. The van der Waals surface area contributed by atoms with E-state index in [1.165, 1.54) is 0 Å². The molecule has 1 saturated carbocycles. The summed E-state index contributed by atoms with van der Waals surface area (Å²) in [4.78, 5) is 13.5. The van der Waals surface area contributed by atoms with Gasteiger partial charge in [0, 0.05) is 18.5 Å². The van der Waals surface area contributed by atoms with Gasteiger partial charge in [0.05, 0.1) is 6.10 Å². The number of nitrogens with zero attached hydrogens (tertiary/aromatic N) is 1. The van der Waals surface area contributed by atoms with Crippen molar-refractivity contribution >= 4 is 6.09 Å². The molecule has 1 N–H and O–H groups in total. The Morgan fingerprint density at radius 2 is 2.19 bits per heavy atom. The summed E-state index contributed by atoms with van der Waals surface area (Å²) >= 11 is 0. The molecule has 1 heterocycles. The lowest BCUT2D eigenvalue weighted by molar-refractivity contribution is 0.0225. The van der Waals surface area contributed by atoms with E-state index in [1.54, 1.807) is 4.90 Å². The van der Waals surface area contributed by atoms with E-state index in [-0.39, 0.29) is 17.6 Å². The van der Waals surface area contributed by atoms with Crippen LogP contribution in [0, 0.1) is 11.3 Å². The molecule has 1 aliphatic carbocycles. The Kier molecular flexibility index (Phi) is 2.46.